The molecule has 0 saturated carbocycles. The van der Waals surface area contributed by atoms with Crippen molar-refractivity contribution in [3.8, 4) is 5.75 Å². The summed E-state index contributed by atoms with van der Waals surface area (Å²) in [7, 11) is 0. The van der Waals surface area contributed by atoms with Crippen molar-refractivity contribution in [1.82, 2.24) is 4.90 Å². The van der Waals surface area contributed by atoms with E-state index in [0.717, 1.165) is 22.2 Å². The number of carbonyl (C=O) groups is 3. The van der Waals surface area contributed by atoms with Crippen LogP contribution in [0.15, 0.2) is 76.1 Å². The Kier molecular flexibility index (Phi) is 8.27. The number of non-ortho nitro benzene ring substituents is 1. The smallest absolute Gasteiger partial charge is 0.294 e. The number of hydrogen-bond donors (Lipinski definition) is 1. The molecule has 1 saturated heterocycles. The number of benzene rings is 3. The van der Waals surface area contributed by atoms with Crippen molar-refractivity contribution in [2.75, 3.05) is 11.9 Å². The van der Waals surface area contributed by atoms with Gasteiger partial charge in [0.05, 0.1) is 14.9 Å². The normalized spacial score (nSPS) is 14.2. The standard InChI is InChI=1S/C25H17BrClN3O6S/c26-20-10-5-17(12-21(20)27)28-23(31)13-29-24(32)22(37-25(29)33)11-15-3-8-19(9-4-15)36-14-16-1-6-18(7-2-16)30(34)35/h1-12H,13-14H2,(H,28,31)/b22-11+. The predicted octanol–water partition coefficient (Wildman–Crippen LogP) is 6.26. The van der Waals surface area contributed by atoms with Crippen LogP contribution in [0.4, 0.5) is 16.2 Å². The van der Waals surface area contributed by atoms with Crippen LogP contribution < -0.4 is 10.1 Å². The van der Waals surface area contributed by atoms with Crippen molar-refractivity contribution in [3.05, 3.63) is 102 Å². The molecule has 0 radical (unpaired) electrons. The first kappa shape index (κ1) is 26.4. The summed E-state index contributed by atoms with van der Waals surface area (Å²) in [6.45, 7) is -0.199. The van der Waals surface area contributed by atoms with E-state index < -0.39 is 28.5 Å². The Morgan fingerprint density at radius 2 is 1.81 bits per heavy atom. The molecular weight excluding hydrogens is 586 g/mol. The van der Waals surface area contributed by atoms with Crippen LogP contribution in [-0.2, 0) is 16.2 Å². The van der Waals surface area contributed by atoms with Crippen molar-refractivity contribution in [2.45, 2.75) is 6.61 Å². The number of halogens is 2. The number of ether oxygens (including phenoxy) is 1. The summed E-state index contributed by atoms with van der Waals surface area (Å²) in [6.07, 6.45) is 1.57. The van der Waals surface area contributed by atoms with E-state index in [4.69, 9.17) is 16.3 Å². The fourth-order valence-corrected chi connectivity index (χ4v) is 4.51. The van der Waals surface area contributed by atoms with Gasteiger partial charge in [-0.25, -0.2) is 0 Å². The van der Waals surface area contributed by atoms with Gasteiger partial charge in [-0.3, -0.25) is 29.4 Å². The summed E-state index contributed by atoms with van der Waals surface area (Å²) in [5.41, 5.74) is 1.89. The first-order chi connectivity index (χ1) is 17.7. The Morgan fingerprint density at radius 1 is 1.11 bits per heavy atom. The number of anilines is 1. The van der Waals surface area contributed by atoms with E-state index in [0.29, 0.717) is 26.5 Å². The van der Waals surface area contributed by atoms with Crippen molar-refractivity contribution >= 4 is 73.8 Å². The summed E-state index contributed by atoms with van der Waals surface area (Å²) in [5, 5.41) is 13.2. The monoisotopic (exact) mass is 601 g/mol. The van der Waals surface area contributed by atoms with Crippen LogP contribution in [0.2, 0.25) is 5.02 Å². The maximum absolute atomic E-state index is 12.7. The molecule has 3 amide bonds. The van der Waals surface area contributed by atoms with E-state index in [1.54, 1.807) is 60.7 Å². The van der Waals surface area contributed by atoms with Gasteiger partial charge in [0, 0.05) is 22.3 Å². The highest BCUT2D eigenvalue weighted by Crippen LogP contribution is 2.32. The quantitative estimate of drug-likeness (QED) is 0.183. The molecule has 3 aromatic rings. The first-order valence-corrected chi connectivity index (χ1v) is 12.6. The van der Waals surface area contributed by atoms with Gasteiger partial charge in [-0.1, -0.05) is 23.7 Å². The number of imide groups is 1. The Bertz CT molecular complexity index is 1410. The number of nitro benzene ring substituents is 1. The minimum Gasteiger partial charge on any atom is -0.489 e. The third-order valence-electron chi connectivity index (χ3n) is 5.11. The second kappa shape index (κ2) is 11.6. The third-order valence-corrected chi connectivity index (χ3v) is 7.25. The molecule has 4 rings (SSSR count). The number of carbonyl (C=O) groups excluding carboxylic acids is 3. The molecule has 0 spiro atoms. The fraction of sp³-hybridized carbons (Fsp3) is 0.0800. The van der Waals surface area contributed by atoms with Crippen LogP contribution in [-0.4, -0.2) is 33.4 Å². The lowest BCUT2D eigenvalue weighted by atomic mass is 10.2. The Balaban J connectivity index is 1.34. The SMILES string of the molecule is O=C(CN1C(=O)S/C(=C/c2ccc(OCc3ccc([N+](=O)[O-])cc3)cc2)C1=O)Nc1ccc(Br)c(Cl)c1. The molecule has 0 unspecified atom stereocenters. The average Bonchev–Trinajstić information content (AvgIpc) is 3.13. The van der Waals surface area contributed by atoms with Crippen molar-refractivity contribution < 1.29 is 24.0 Å². The molecule has 37 heavy (non-hydrogen) atoms. The highest BCUT2D eigenvalue weighted by Gasteiger charge is 2.36. The molecule has 1 fully saturated rings. The molecule has 0 atom stereocenters. The summed E-state index contributed by atoms with van der Waals surface area (Å²) in [5.74, 6) is -0.526. The molecule has 0 aromatic heterocycles. The Labute approximate surface area is 228 Å². The van der Waals surface area contributed by atoms with E-state index in [1.807, 2.05) is 0 Å². The fourth-order valence-electron chi connectivity index (χ4n) is 3.25. The van der Waals surface area contributed by atoms with Gasteiger partial charge < -0.3 is 10.1 Å². The lowest BCUT2D eigenvalue weighted by molar-refractivity contribution is -0.384. The van der Waals surface area contributed by atoms with Gasteiger partial charge in [-0.05, 0) is 87.4 Å². The van der Waals surface area contributed by atoms with Gasteiger partial charge in [0.1, 0.15) is 18.9 Å². The number of rotatable bonds is 8. The molecule has 0 bridgehead atoms. The number of thioether (sulfide) groups is 1. The maximum Gasteiger partial charge on any atom is 0.294 e. The number of nitrogens with zero attached hydrogens (tertiary/aromatic N) is 2. The van der Waals surface area contributed by atoms with Crippen LogP contribution in [0.1, 0.15) is 11.1 Å². The highest BCUT2D eigenvalue weighted by atomic mass is 79.9. The minimum absolute atomic E-state index is 0.00709. The van der Waals surface area contributed by atoms with Crippen LogP contribution in [0.3, 0.4) is 0 Å². The van der Waals surface area contributed by atoms with E-state index in [9.17, 15) is 24.5 Å². The second-order valence-electron chi connectivity index (χ2n) is 7.73. The zero-order valence-corrected chi connectivity index (χ0v) is 22.0. The molecule has 1 N–H and O–H groups in total. The van der Waals surface area contributed by atoms with Crippen LogP contribution in [0, 0.1) is 10.1 Å². The summed E-state index contributed by atoms with van der Waals surface area (Å²) >= 11 is 10.0. The van der Waals surface area contributed by atoms with Crippen molar-refractivity contribution in [3.63, 3.8) is 0 Å². The summed E-state index contributed by atoms with van der Waals surface area (Å²) < 4.78 is 6.37. The molecule has 1 aliphatic rings. The zero-order chi connectivity index (χ0) is 26.5. The summed E-state index contributed by atoms with van der Waals surface area (Å²) in [4.78, 5) is 48.8. The topological polar surface area (TPSA) is 119 Å². The maximum atomic E-state index is 12.7. The molecule has 12 heteroatoms. The predicted molar refractivity (Wildman–Crippen MR) is 144 cm³/mol. The van der Waals surface area contributed by atoms with Gasteiger partial charge in [0.2, 0.25) is 5.91 Å². The third kappa shape index (κ3) is 6.76. The lowest BCUT2D eigenvalue weighted by Gasteiger charge is -2.12. The molecule has 1 aliphatic heterocycles. The van der Waals surface area contributed by atoms with E-state index in [-0.39, 0.29) is 17.2 Å². The average molecular weight is 603 g/mol. The largest absolute Gasteiger partial charge is 0.489 e. The van der Waals surface area contributed by atoms with Crippen LogP contribution >= 0.6 is 39.3 Å². The minimum atomic E-state index is -0.558. The summed E-state index contributed by atoms with van der Waals surface area (Å²) in [6, 6.07) is 17.8. The number of hydrogen-bond acceptors (Lipinski definition) is 7. The van der Waals surface area contributed by atoms with E-state index in [1.165, 1.54) is 12.1 Å². The molecule has 1 heterocycles. The molecule has 9 nitrogen and oxygen atoms in total. The van der Waals surface area contributed by atoms with Crippen molar-refractivity contribution in [1.29, 1.82) is 0 Å². The van der Waals surface area contributed by atoms with Gasteiger partial charge in [-0.2, -0.15) is 0 Å². The molecular formula is C25H17BrClN3O6S. The number of amides is 3. The molecule has 3 aromatic carbocycles. The van der Waals surface area contributed by atoms with E-state index >= 15 is 0 Å². The first-order valence-electron chi connectivity index (χ1n) is 10.7. The zero-order valence-electron chi connectivity index (χ0n) is 18.9. The van der Waals surface area contributed by atoms with Gasteiger partial charge in [0.15, 0.2) is 0 Å². The van der Waals surface area contributed by atoms with Crippen LogP contribution in [0.5, 0.6) is 5.75 Å². The highest BCUT2D eigenvalue weighted by molar-refractivity contribution is 9.10. The van der Waals surface area contributed by atoms with Gasteiger partial charge >= 0.3 is 0 Å². The van der Waals surface area contributed by atoms with Gasteiger partial charge in [0.25, 0.3) is 16.8 Å². The second-order valence-corrected chi connectivity index (χ2v) is 9.98. The van der Waals surface area contributed by atoms with Crippen LogP contribution in [0.25, 0.3) is 6.08 Å². The van der Waals surface area contributed by atoms with Crippen molar-refractivity contribution in [2.24, 2.45) is 0 Å². The van der Waals surface area contributed by atoms with Gasteiger partial charge in [-0.15, -0.1) is 0 Å². The Hall–Kier alpha value is -3.67. The number of nitrogens with one attached hydrogen (secondary N) is 1. The van der Waals surface area contributed by atoms with E-state index in [2.05, 4.69) is 21.2 Å². The lowest BCUT2D eigenvalue weighted by Crippen LogP contribution is -2.36. The Morgan fingerprint density at radius 3 is 2.46 bits per heavy atom. The number of nitro groups is 1. The molecule has 0 aliphatic carbocycles. The molecule has 188 valence electrons.